The minimum absolute atomic E-state index is 0.277. The number of carbonyl (C=O) groups excluding carboxylic acids is 1. The molecule has 0 aliphatic carbocycles. The quantitative estimate of drug-likeness (QED) is 0.818. The molecule has 1 N–H and O–H groups in total. The maximum atomic E-state index is 12.3. The second-order valence-electron chi connectivity index (χ2n) is 6.20. The van der Waals surface area contributed by atoms with Gasteiger partial charge in [-0.15, -0.1) is 0 Å². The number of urea groups is 1. The molecule has 0 bridgehead atoms. The lowest BCUT2D eigenvalue weighted by atomic mass is 9.91. The van der Waals surface area contributed by atoms with Crippen LogP contribution >= 0.6 is 0 Å². The van der Waals surface area contributed by atoms with Crippen LogP contribution in [0.3, 0.4) is 0 Å². The van der Waals surface area contributed by atoms with E-state index in [0.717, 1.165) is 5.69 Å². The van der Waals surface area contributed by atoms with Crippen LogP contribution in [0.1, 0.15) is 26.5 Å². The number of aromatic nitrogens is 1. The Morgan fingerprint density at radius 1 is 1.18 bits per heavy atom. The van der Waals surface area contributed by atoms with Gasteiger partial charge >= 0.3 is 6.03 Å². The Kier molecular flexibility index (Phi) is 3.10. The number of benzene rings is 1. The molecular formula is C15H18N4O3. The normalized spacial score (nSPS) is 15.3. The summed E-state index contributed by atoms with van der Waals surface area (Å²) < 4.78 is 5.45. The van der Waals surface area contributed by atoms with E-state index in [1.165, 1.54) is 5.01 Å². The number of amides is 2. The summed E-state index contributed by atoms with van der Waals surface area (Å²) >= 11 is 0. The van der Waals surface area contributed by atoms with Gasteiger partial charge in [-0.2, -0.15) is 5.06 Å². The fourth-order valence-electron chi connectivity index (χ4n) is 2.41. The van der Waals surface area contributed by atoms with Crippen molar-refractivity contribution in [2.75, 3.05) is 17.1 Å². The van der Waals surface area contributed by atoms with Gasteiger partial charge in [-0.1, -0.05) is 44.1 Å². The monoisotopic (exact) mass is 302 g/mol. The summed E-state index contributed by atoms with van der Waals surface area (Å²) in [5, 5.41) is 17.7. The molecule has 7 nitrogen and oxygen atoms in total. The lowest BCUT2D eigenvalue weighted by molar-refractivity contribution is 0.167. The van der Waals surface area contributed by atoms with Crippen LogP contribution in [0.4, 0.5) is 22.1 Å². The summed E-state index contributed by atoms with van der Waals surface area (Å²) in [6, 6.07) is 8.72. The Bertz CT molecular complexity index is 705. The van der Waals surface area contributed by atoms with Crippen molar-refractivity contribution in [2.45, 2.75) is 26.2 Å². The van der Waals surface area contributed by atoms with Crippen LogP contribution in [0.25, 0.3) is 0 Å². The first-order valence-corrected chi connectivity index (χ1v) is 6.94. The maximum absolute atomic E-state index is 12.3. The van der Waals surface area contributed by atoms with E-state index < -0.39 is 6.03 Å². The topological polar surface area (TPSA) is 73.0 Å². The molecule has 3 rings (SSSR count). The molecule has 0 saturated heterocycles. The van der Waals surface area contributed by atoms with Crippen molar-refractivity contribution in [3.63, 3.8) is 0 Å². The zero-order valence-electron chi connectivity index (χ0n) is 12.9. The van der Waals surface area contributed by atoms with Crippen molar-refractivity contribution in [2.24, 2.45) is 0 Å². The van der Waals surface area contributed by atoms with Crippen LogP contribution in [-0.2, 0) is 5.41 Å². The first kappa shape index (κ1) is 14.4. The van der Waals surface area contributed by atoms with E-state index in [4.69, 9.17) is 4.52 Å². The molecule has 1 aromatic carbocycles. The van der Waals surface area contributed by atoms with Crippen molar-refractivity contribution in [3.8, 4) is 0 Å². The number of anilines is 3. The Balaban J connectivity index is 2.21. The molecule has 1 aromatic heterocycles. The molecule has 22 heavy (non-hydrogen) atoms. The van der Waals surface area contributed by atoms with Crippen LogP contribution in [0.15, 0.2) is 34.9 Å². The van der Waals surface area contributed by atoms with Crippen LogP contribution in [0.5, 0.6) is 0 Å². The zero-order chi connectivity index (χ0) is 16.1. The number of fused-ring (bicyclic) bond motifs is 1. The Hall–Kier alpha value is -2.54. The second-order valence-corrected chi connectivity index (χ2v) is 6.20. The third-order valence-electron chi connectivity index (χ3n) is 3.52. The maximum Gasteiger partial charge on any atom is 0.367 e. The first-order chi connectivity index (χ1) is 10.3. The van der Waals surface area contributed by atoms with E-state index in [1.54, 1.807) is 12.1 Å². The standard InChI is InChI=1S/C15H18N4O3/c1-15(2,3)12-11-13(22-16-12)18(10-8-6-5-7-9-10)17(4)14(20)19(11)21/h5-9,21H,1-4H3. The van der Waals surface area contributed by atoms with Gasteiger partial charge in [0.15, 0.2) is 5.69 Å². The molecule has 0 unspecified atom stereocenters. The minimum Gasteiger partial charge on any atom is -0.334 e. The molecule has 1 aliphatic heterocycles. The fourth-order valence-corrected chi connectivity index (χ4v) is 2.41. The summed E-state index contributed by atoms with van der Waals surface area (Å²) in [6.07, 6.45) is 0. The average molecular weight is 302 g/mol. The van der Waals surface area contributed by atoms with Gasteiger partial charge in [-0.3, -0.25) is 5.21 Å². The molecule has 7 heteroatoms. The van der Waals surface area contributed by atoms with Gasteiger partial charge in [0, 0.05) is 12.5 Å². The highest BCUT2D eigenvalue weighted by molar-refractivity contribution is 5.99. The lowest BCUT2D eigenvalue weighted by Crippen LogP contribution is -2.51. The van der Waals surface area contributed by atoms with Gasteiger partial charge < -0.3 is 4.52 Å². The van der Waals surface area contributed by atoms with E-state index in [9.17, 15) is 10.0 Å². The number of para-hydroxylation sites is 1. The smallest absolute Gasteiger partial charge is 0.334 e. The Morgan fingerprint density at radius 2 is 1.82 bits per heavy atom. The third-order valence-corrected chi connectivity index (χ3v) is 3.52. The highest BCUT2D eigenvalue weighted by atomic mass is 16.5. The second kappa shape index (κ2) is 4.74. The SMILES string of the molecule is CN1C(=O)N(O)c2c(C(C)(C)C)noc2N1c1ccccc1. The molecule has 0 radical (unpaired) electrons. The third kappa shape index (κ3) is 2.01. The van der Waals surface area contributed by atoms with Gasteiger partial charge in [0.25, 0.3) is 5.88 Å². The molecule has 0 saturated carbocycles. The Morgan fingerprint density at radius 3 is 2.41 bits per heavy atom. The van der Waals surface area contributed by atoms with Crippen LogP contribution < -0.4 is 10.1 Å². The molecule has 0 spiro atoms. The van der Waals surface area contributed by atoms with Crippen molar-refractivity contribution in [1.29, 1.82) is 0 Å². The van der Waals surface area contributed by atoms with Gasteiger partial charge in [-0.05, 0) is 12.1 Å². The van der Waals surface area contributed by atoms with Gasteiger partial charge in [0.05, 0.1) is 5.69 Å². The van der Waals surface area contributed by atoms with Crippen LogP contribution in [0, 0.1) is 0 Å². The molecule has 1 aliphatic rings. The number of rotatable bonds is 1. The van der Waals surface area contributed by atoms with Crippen molar-refractivity contribution in [3.05, 3.63) is 36.0 Å². The molecular weight excluding hydrogens is 284 g/mol. The minimum atomic E-state index is -0.579. The number of carbonyl (C=O) groups is 1. The summed E-state index contributed by atoms with van der Waals surface area (Å²) in [4.78, 5) is 12.3. The number of hydrogen-bond acceptors (Lipinski definition) is 5. The van der Waals surface area contributed by atoms with Crippen molar-refractivity contribution in [1.82, 2.24) is 10.2 Å². The molecule has 2 amide bonds. The lowest BCUT2D eigenvalue weighted by Gasteiger charge is -2.38. The fraction of sp³-hybridized carbons (Fsp3) is 0.333. The molecule has 0 atom stereocenters. The highest BCUT2D eigenvalue weighted by Crippen LogP contribution is 2.44. The van der Waals surface area contributed by atoms with E-state index in [0.29, 0.717) is 16.6 Å². The zero-order valence-corrected chi connectivity index (χ0v) is 12.9. The number of hydrogen-bond donors (Lipinski definition) is 1. The highest BCUT2D eigenvalue weighted by Gasteiger charge is 2.42. The molecule has 2 aromatic rings. The van der Waals surface area contributed by atoms with Crippen LogP contribution in [-0.4, -0.2) is 28.5 Å². The molecule has 0 fully saturated rings. The predicted octanol–water partition coefficient (Wildman–Crippen LogP) is 3.29. The van der Waals surface area contributed by atoms with E-state index in [2.05, 4.69) is 5.16 Å². The average Bonchev–Trinajstić information content (AvgIpc) is 2.91. The summed E-state index contributed by atoms with van der Waals surface area (Å²) in [7, 11) is 1.56. The number of hydrazine groups is 1. The summed E-state index contributed by atoms with van der Waals surface area (Å²) in [6.45, 7) is 5.82. The Labute approximate surface area is 128 Å². The number of hydroxylamine groups is 1. The summed E-state index contributed by atoms with van der Waals surface area (Å²) in [5.74, 6) is 0.306. The van der Waals surface area contributed by atoms with E-state index >= 15 is 0 Å². The predicted molar refractivity (Wildman–Crippen MR) is 81.2 cm³/mol. The summed E-state index contributed by atoms with van der Waals surface area (Å²) in [5.41, 5.74) is 1.16. The van der Waals surface area contributed by atoms with Crippen molar-refractivity contribution < 1.29 is 14.5 Å². The van der Waals surface area contributed by atoms with Gasteiger partial charge in [0.1, 0.15) is 5.69 Å². The van der Waals surface area contributed by atoms with E-state index in [1.807, 2.05) is 51.1 Å². The van der Waals surface area contributed by atoms with Gasteiger partial charge in [-0.25, -0.2) is 14.8 Å². The number of nitrogens with zero attached hydrogens (tertiary/aromatic N) is 4. The van der Waals surface area contributed by atoms with E-state index in [-0.39, 0.29) is 11.1 Å². The first-order valence-electron chi connectivity index (χ1n) is 6.94. The molecule has 116 valence electrons. The largest absolute Gasteiger partial charge is 0.367 e. The van der Waals surface area contributed by atoms with Gasteiger partial charge in [0.2, 0.25) is 0 Å². The van der Waals surface area contributed by atoms with Crippen LogP contribution in [0.2, 0.25) is 0 Å². The molecule has 2 heterocycles. The van der Waals surface area contributed by atoms with Crippen molar-refractivity contribution >= 4 is 23.3 Å².